The minimum absolute atomic E-state index is 0.0175. The summed E-state index contributed by atoms with van der Waals surface area (Å²) < 4.78 is 11.5. The number of ether oxygens (including phenoxy) is 2. The van der Waals surface area contributed by atoms with Crippen LogP contribution < -0.4 is 0 Å². The van der Waals surface area contributed by atoms with E-state index in [0.717, 1.165) is 90.3 Å². The van der Waals surface area contributed by atoms with Crippen LogP contribution in [-0.2, 0) is 19.1 Å². The predicted octanol–water partition coefficient (Wildman–Crippen LogP) is 14.2. The number of hydrogen-bond donors (Lipinski definition) is 1. The van der Waals surface area contributed by atoms with Gasteiger partial charge in [-0.2, -0.15) is 0 Å². The second-order valence-corrected chi connectivity index (χ2v) is 16.6. The molecule has 0 aromatic carbocycles. The second-order valence-electron chi connectivity index (χ2n) is 16.6. The average Bonchev–Trinajstić information content (AvgIpc) is 3.16. The highest BCUT2D eigenvalue weighted by Crippen LogP contribution is 2.19. The van der Waals surface area contributed by atoms with E-state index >= 15 is 0 Å². The van der Waals surface area contributed by atoms with E-state index in [9.17, 15) is 14.7 Å². The molecule has 0 rings (SSSR count). The van der Waals surface area contributed by atoms with E-state index in [2.05, 4.69) is 25.7 Å². The van der Waals surface area contributed by atoms with Gasteiger partial charge in [-0.15, -0.1) is 0 Å². The van der Waals surface area contributed by atoms with Crippen LogP contribution >= 0.6 is 0 Å². The highest BCUT2D eigenvalue weighted by atomic mass is 16.5. The summed E-state index contributed by atoms with van der Waals surface area (Å²) in [5.74, 6) is -0.00986. The van der Waals surface area contributed by atoms with Crippen molar-refractivity contribution in [2.24, 2.45) is 0 Å². The Kier molecular flexibility index (Phi) is 43.6. The maximum Gasteiger partial charge on any atom is 0.306 e. The molecule has 0 aliphatic heterocycles. The lowest BCUT2D eigenvalue weighted by Crippen LogP contribution is -2.29. The van der Waals surface area contributed by atoms with Crippen molar-refractivity contribution in [2.45, 2.75) is 264 Å². The van der Waals surface area contributed by atoms with E-state index in [1.165, 1.54) is 154 Å². The first-order valence-electron chi connectivity index (χ1n) is 24.3. The minimum atomic E-state index is -0.0274. The van der Waals surface area contributed by atoms with E-state index in [0.29, 0.717) is 19.4 Å². The lowest BCUT2D eigenvalue weighted by molar-refractivity contribution is -0.150. The van der Waals surface area contributed by atoms with Gasteiger partial charge in [0.1, 0.15) is 6.10 Å². The summed E-state index contributed by atoms with van der Waals surface area (Å²) >= 11 is 0. The summed E-state index contributed by atoms with van der Waals surface area (Å²) in [7, 11) is 0. The van der Waals surface area contributed by atoms with Gasteiger partial charge < -0.3 is 19.5 Å². The van der Waals surface area contributed by atoms with Crippen LogP contribution in [0.1, 0.15) is 258 Å². The highest BCUT2D eigenvalue weighted by molar-refractivity contribution is 5.69. The van der Waals surface area contributed by atoms with E-state index in [1.807, 2.05) is 0 Å². The summed E-state index contributed by atoms with van der Waals surface area (Å²) in [6, 6.07) is 0. The molecule has 0 fully saturated rings. The minimum Gasteiger partial charge on any atom is -0.466 e. The molecule has 6 nitrogen and oxygen atoms in total. The Morgan fingerprint density at radius 1 is 0.426 bits per heavy atom. The van der Waals surface area contributed by atoms with Crippen molar-refractivity contribution in [2.75, 3.05) is 32.8 Å². The Morgan fingerprint density at radius 2 is 0.778 bits per heavy atom. The Labute approximate surface area is 337 Å². The molecule has 0 saturated carbocycles. The van der Waals surface area contributed by atoms with Crippen molar-refractivity contribution >= 4 is 11.9 Å². The zero-order valence-electron chi connectivity index (χ0n) is 36.8. The van der Waals surface area contributed by atoms with Gasteiger partial charge in [0.05, 0.1) is 13.2 Å². The largest absolute Gasteiger partial charge is 0.466 e. The van der Waals surface area contributed by atoms with Gasteiger partial charge in [0.15, 0.2) is 0 Å². The summed E-state index contributed by atoms with van der Waals surface area (Å²) in [6.07, 6.45) is 44.0. The lowest BCUT2D eigenvalue weighted by Gasteiger charge is -2.21. The number of esters is 2. The molecule has 6 heteroatoms. The van der Waals surface area contributed by atoms with Gasteiger partial charge in [-0.1, -0.05) is 188 Å². The number of rotatable bonds is 45. The monoisotopic (exact) mass is 766 g/mol. The van der Waals surface area contributed by atoms with E-state index < -0.39 is 0 Å². The van der Waals surface area contributed by atoms with Crippen molar-refractivity contribution in [3.8, 4) is 0 Å². The molecule has 0 aromatic heterocycles. The zero-order chi connectivity index (χ0) is 39.4. The van der Waals surface area contributed by atoms with Crippen LogP contribution in [0.4, 0.5) is 0 Å². The number of aliphatic hydroxyl groups is 1. The topological polar surface area (TPSA) is 76.1 Å². The van der Waals surface area contributed by atoms with Gasteiger partial charge in [0.25, 0.3) is 0 Å². The Morgan fingerprint density at radius 3 is 1.20 bits per heavy atom. The molecule has 0 saturated heterocycles. The van der Waals surface area contributed by atoms with Crippen molar-refractivity contribution in [3.05, 3.63) is 0 Å². The number of nitrogens with zero attached hydrogens (tertiary/aromatic N) is 1. The number of aliphatic hydroxyl groups excluding tert-OH is 1. The van der Waals surface area contributed by atoms with Crippen molar-refractivity contribution in [3.63, 3.8) is 0 Å². The normalized spacial score (nSPS) is 12.1. The van der Waals surface area contributed by atoms with Crippen molar-refractivity contribution < 1.29 is 24.2 Å². The number of unbranched alkanes of at least 4 members (excludes halogenated alkanes) is 28. The number of carbonyl (C=O) groups is 2. The van der Waals surface area contributed by atoms with E-state index in [1.54, 1.807) is 0 Å². The van der Waals surface area contributed by atoms with Crippen LogP contribution in [-0.4, -0.2) is 60.9 Å². The average molecular weight is 766 g/mol. The predicted molar refractivity (Wildman–Crippen MR) is 232 cm³/mol. The maximum atomic E-state index is 12.8. The Balaban J connectivity index is 3.95. The number of carbonyl (C=O) groups excluding carboxylic acids is 2. The van der Waals surface area contributed by atoms with Gasteiger partial charge in [-0.25, -0.2) is 0 Å². The Bertz CT molecular complexity index is 761. The third kappa shape index (κ3) is 40.5. The zero-order valence-corrected chi connectivity index (χ0v) is 36.8. The lowest BCUT2D eigenvalue weighted by atomic mass is 10.0. The quantitative estimate of drug-likeness (QED) is 0.0491. The second kappa shape index (κ2) is 44.6. The molecule has 1 N–H and O–H groups in total. The van der Waals surface area contributed by atoms with E-state index in [4.69, 9.17) is 9.47 Å². The first kappa shape index (κ1) is 52.9. The molecule has 0 radical (unpaired) electrons. The smallest absolute Gasteiger partial charge is 0.306 e. The summed E-state index contributed by atoms with van der Waals surface area (Å²) in [4.78, 5) is 27.2. The maximum absolute atomic E-state index is 12.8. The van der Waals surface area contributed by atoms with Gasteiger partial charge >= 0.3 is 11.9 Å². The standard InChI is InChI=1S/C48H95NO5/c1-4-7-10-13-16-18-20-29-36-45-53-47(51)39-32-25-21-27-34-41-49(43-44-50)42-35-28-22-26-33-40-48(52)54-46(37-30-23-15-12-9-6-3)38-31-24-19-17-14-11-8-5-2/h46,50H,4-45H2,1-3H3. The van der Waals surface area contributed by atoms with Gasteiger partial charge in [-0.05, 0) is 70.9 Å². The molecule has 54 heavy (non-hydrogen) atoms. The summed E-state index contributed by atoms with van der Waals surface area (Å²) in [6.45, 7) is 10.4. The van der Waals surface area contributed by atoms with Crippen molar-refractivity contribution in [1.29, 1.82) is 0 Å². The van der Waals surface area contributed by atoms with Crippen molar-refractivity contribution in [1.82, 2.24) is 4.90 Å². The molecule has 0 heterocycles. The van der Waals surface area contributed by atoms with Crippen LogP contribution in [0.5, 0.6) is 0 Å². The van der Waals surface area contributed by atoms with Gasteiger partial charge in [-0.3, -0.25) is 9.59 Å². The molecule has 1 atom stereocenters. The van der Waals surface area contributed by atoms with Crippen LogP contribution in [0.25, 0.3) is 0 Å². The molecular weight excluding hydrogens is 671 g/mol. The van der Waals surface area contributed by atoms with Crippen LogP contribution in [0, 0.1) is 0 Å². The third-order valence-corrected chi connectivity index (χ3v) is 11.2. The third-order valence-electron chi connectivity index (χ3n) is 11.2. The van der Waals surface area contributed by atoms with Crippen LogP contribution in [0.2, 0.25) is 0 Å². The highest BCUT2D eigenvalue weighted by Gasteiger charge is 2.14. The van der Waals surface area contributed by atoms with Gasteiger partial charge in [0.2, 0.25) is 0 Å². The van der Waals surface area contributed by atoms with Gasteiger partial charge in [0, 0.05) is 19.4 Å². The molecule has 0 amide bonds. The molecule has 1 unspecified atom stereocenters. The fraction of sp³-hybridized carbons (Fsp3) is 0.958. The molecule has 0 bridgehead atoms. The Hall–Kier alpha value is -1.14. The summed E-state index contributed by atoms with van der Waals surface area (Å²) in [5.41, 5.74) is 0. The first-order valence-corrected chi connectivity index (χ1v) is 24.3. The fourth-order valence-electron chi connectivity index (χ4n) is 7.58. The summed E-state index contributed by atoms with van der Waals surface area (Å²) in [5, 5.41) is 9.57. The molecule has 0 aliphatic carbocycles. The first-order chi connectivity index (χ1) is 26.6. The molecule has 0 aliphatic rings. The SMILES string of the molecule is CCCCCCCCCCCOC(=O)CCCCCCCN(CCO)CCCCCCCC(=O)OC(CCCCCCCC)CCCCCCCCCC. The molecule has 0 spiro atoms. The van der Waals surface area contributed by atoms with Crippen LogP contribution in [0.15, 0.2) is 0 Å². The molecule has 322 valence electrons. The van der Waals surface area contributed by atoms with Crippen LogP contribution in [0.3, 0.4) is 0 Å². The van der Waals surface area contributed by atoms with E-state index in [-0.39, 0.29) is 24.6 Å². The number of hydrogen-bond acceptors (Lipinski definition) is 6. The molecular formula is C48H95NO5. The fourth-order valence-corrected chi connectivity index (χ4v) is 7.58. The molecule has 0 aromatic rings.